The Morgan fingerprint density at radius 1 is 1.16 bits per heavy atom. The van der Waals surface area contributed by atoms with E-state index in [1.807, 2.05) is 43.3 Å². The molecule has 0 aliphatic heterocycles. The molecule has 0 unspecified atom stereocenters. The highest BCUT2D eigenvalue weighted by molar-refractivity contribution is 5.68. The first-order valence-corrected chi connectivity index (χ1v) is 6.67. The Morgan fingerprint density at radius 3 is 2.68 bits per heavy atom. The predicted octanol–water partition coefficient (Wildman–Crippen LogP) is 3.82. The second-order valence-corrected chi connectivity index (χ2v) is 4.57. The molecule has 0 aliphatic rings. The summed E-state index contributed by atoms with van der Waals surface area (Å²) in [6.07, 6.45) is 2.18. The summed E-state index contributed by atoms with van der Waals surface area (Å²) in [5, 5.41) is 0. The third-order valence-electron chi connectivity index (χ3n) is 3.05. The number of aryl methyl sites for hydroxylation is 1. The molecule has 0 saturated carbocycles. The van der Waals surface area contributed by atoms with Gasteiger partial charge in [-0.15, -0.1) is 0 Å². The van der Waals surface area contributed by atoms with Crippen LogP contribution in [0.15, 0.2) is 36.4 Å². The lowest BCUT2D eigenvalue weighted by molar-refractivity contribution is 0.310. The molecule has 100 valence electrons. The number of ether oxygens (including phenoxy) is 1. The van der Waals surface area contributed by atoms with E-state index in [0.29, 0.717) is 5.69 Å². The van der Waals surface area contributed by atoms with Crippen LogP contribution in [-0.4, -0.2) is 11.6 Å². The average molecular weight is 256 g/mol. The zero-order valence-corrected chi connectivity index (χ0v) is 11.5. The fraction of sp³-hybridized carbons (Fsp3) is 0.312. The van der Waals surface area contributed by atoms with Gasteiger partial charge in [-0.1, -0.05) is 25.5 Å². The van der Waals surface area contributed by atoms with Gasteiger partial charge in [0.2, 0.25) is 0 Å². The summed E-state index contributed by atoms with van der Waals surface area (Å²) in [4.78, 5) is 4.53. The van der Waals surface area contributed by atoms with Crippen molar-refractivity contribution in [3.05, 3.63) is 42.1 Å². The van der Waals surface area contributed by atoms with E-state index in [1.54, 1.807) is 0 Å². The molecule has 0 bridgehead atoms. The van der Waals surface area contributed by atoms with Crippen molar-refractivity contribution >= 4 is 5.69 Å². The highest BCUT2D eigenvalue weighted by Gasteiger charge is 2.08. The van der Waals surface area contributed by atoms with E-state index in [9.17, 15) is 0 Å². The zero-order valence-electron chi connectivity index (χ0n) is 11.5. The van der Waals surface area contributed by atoms with Crippen LogP contribution in [0.3, 0.4) is 0 Å². The van der Waals surface area contributed by atoms with Gasteiger partial charge in [0.1, 0.15) is 5.75 Å². The number of nitrogens with two attached hydrogens (primary N) is 1. The molecule has 1 heterocycles. The fourth-order valence-corrected chi connectivity index (χ4v) is 1.85. The third-order valence-corrected chi connectivity index (χ3v) is 3.05. The van der Waals surface area contributed by atoms with Crippen LogP contribution in [0.5, 0.6) is 5.75 Å². The summed E-state index contributed by atoms with van der Waals surface area (Å²) >= 11 is 0. The van der Waals surface area contributed by atoms with Crippen LogP contribution in [0.4, 0.5) is 5.69 Å². The number of hydrogen-bond acceptors (Lipinski definition) is 3. The minimum absolute atomic E-state index is 0.716. The fourth-order valence-electron chi connectivity index (χ4n) is 1.85. The largest absolute Gasteiger partial charge is 0.493 e. The van der Waals surface area contributed by atoms with Crippen molar-refractivity contribution in [1.82, 2.24) is 4.98 Å². The smallest absolute Gasteiger partial charge is 0.128 e. The minimum Gasteiger partial charge on any atom is -0.493 e. The Bertz CT molecular complexity index is 552. The molecule has 0 radical (unpaired) electrons. The molecule has 1 aromatic carbocycles. The van der Waals surface area contributed by atoms with E-state index in [4.69, 9.17) is 10.5 Å². The number of pyridine rings is 1. The van der Waals surface area contributed by atoms with Gasteiger partial charge in [0.15, 0.2) is 0 Å². The van der Waals surface area contributed by atoms with Crippen LogP contribution < -0.4 is 10.5 Å². The lowest BCUT2D eigenvalue weighted by Gasteiger charge is -2.11. The number of nitrogens with zero attached hydrogens (tertiary/aromatic N) is 1. The second-order valence-electron chi connectivity index (χ2n) is 4.57. The summed E-state index contributed by atoms with van der Waals surface area (Å²) < 4.78 is 5.83. The van der Waals surface area contributed by atoms with Gasteiger partial charge < -0.3 is 10.5 Å². The van der Waals surface area contributed by atoms with Crippen molar-refractivity contribution in [2.45, 2.75) is 26.7 Å². The van der Waals surface area contributed by atoms with E-state index >= 15 is 0 Å². The number of para-hydroxylation sites is 1. The molecule has 0 fully saturated rings. The van der Waals surface area contributed by atoms with Gasteiger partial charge >= 0.3 is 0 Å². The van der Waals surface area contributed by atoms with E-state index in [1.165, 1.54) is 0 Å². The molecule has 2 rings (SSSR count). The van der Waals surface area contributed by atoms with E-state index < -0.39 is 0 Å². The Balaban J connectivity index is 2.30. The zero-order chi connectivity index (χ0) is 13.7. The Morgan fingerprint density at radius 2 is 1.95 bits per heavy atom. The second kappa shape index (κ2) is 6.23. The average Bonchev–Trinajstić information content (AvgIpc) is 2.43. The van der Waals surface area contributed by atoms with Gasteiger partial charge in [0, 0.05) is 5.56 Å². The molecule has 0 spiro atoms. The maximum atomic E-state index is 5.83. The number of rotatable bonds is 5. The molecule has 0 aliphatic carbocycles. The Labute approximate surface area is 114 Å². The number of unbranched alkanes of at least 4 members (excludes halogenated alkanes) is 1. The van der Waals surface area contributed by atoms with Crippen LogP contribution >= 0.6 is 0 Å². The maximum absolute atomic E-state index is 5.83. The highest BCUT2D eigenvalue weighted by atomic mass is 16.5. The molecule has 3 nitrogen and oxygen atoms in total. The summed E-state index contributed by atoms with van der Waals surface area (Å²) in [5.74, 6) is 0.882. The lowest BCUT2D eigenvalue weighted by Crippen LogP contribution is -1.99. The van der Waals surface area contributed by atoms with Crippen LogP contribution in [0, 0.1) is 6.92 Å². The van der Waals surface area contributed by atoms with E-state index in [-0.39, 0.29) is 0 Å². The van der Waals surface area contributed by atoms with Crippen molar-refractivity contribution in [2.75, 3.05) is 12.3 Å². The lowest BCUT2D eigenvalue weighted by atomic mass is 10.1. The number of hydrogen-bond donors (Lipinski definition) is 1. The summed E-state index contributed by atoms with van der Waals surface area (Å²) in [7, 11) is 0. The molecule has 19 heavy (non-hydrogen) atoms. The maximum Gasteiger partial charge on any atom is 0.128 e. The normalized spacial score (nSPS) is 10.4. The molecule has 3 heteroatoms. The van der Waals surface area contributed by atoms with Crippen LogP contribution in [0.1, 0.15) is 25.5 Å². The number of benzene rings is 1. The van der Waals surface area contributed by atoms with Crippen molar-refractivity contribution in [2.24, 2.45) is 0 Å². The predicted molar refractivity (Wildman–Crippen MR) is 79.2 cm³/mol. The molecule has 0 amide bonds. The van der Waals surface area contributed by atoms with Gasteiger partial charge in [0.25, 0.3) is 0 Å². The standard InChI is InChI=1S/C16H20N2O/c1-3-4-11-19-16-8-6-5-7-13(16)15-10-9-14(17)12(2)18-15/h5-10H,3-4,11,17H2,1-2H3. The molecular weight excluding hydrogens is 236 g/mol. The first-order valence-electron chi connectivity index (χ1n) is 6.67. The topological polar surface area (TPSA) is 48.1 Å². The third kappa shape index (κ3) is 3.25. The molecule has 2 aromatic rings. The van der Waals surface area contributed by atoms with Gasteiger partial charge in [-0.05, 0) is 37.6 Å². The summed E-state index contributed by atoms with van der Waals surface area (Å²) in [5.41, 5.74) is 9.29. The Kier molecular flexibility index (Phi) is 4.39. The molecule has 0 saturated heterocycles. The number of aromatic nitrogens is 1. The summed E-state index contributed by atoms with van der Waals surface area (Å²) in [6.45, 7) is 4.81. The Hall–Kier alpha value is -2.03. The SMILES string of the molecule is CCCCOc1ccccc1-c1ccc(N)c(C)n1. The van der Waals surface area contributed by atoms with E-state index in [0.717, 1.165) is 42.1 Å². The minimum atomic E-state index is 0.716. The van der Waals surface area contributed by atoms with Crippen molar-refractivity contribution < 1.29 is 4.74 Å². The molecule has 0 atom stereocenters. The number of nitrogen functional groups attached to an aromatic ring is 1. The van der Waals surface area contributed by atoms with E-state index in [2.05, 4.69) is 11.9 Å². The van der Waals surface area contributed by atoms with Crippen LogP contribution in [-0.2, 0) is 0 Å². The van der Waals surface area contributed by atoms with Gasteiger partial charge in [-0.25, -0.2) is 0 Å². The quantitative estimate of drug-likeness (QED) is 0.827. The molecule has 2 N–H and O–H groups in total. The molecular formula is C16H20N2O. The summed E-state index contributed by atoms with van der Waals surface area (Å²) in [6, 6.07) is 11.8. The van der Waals surface area contributed by atoms with Crippen molar-refractivity contribution in [3.63, 3.8) is 0 Å². The van der Waals surface area contributed by atoms with Gasteiger partial charge in [-0.2, -0.15) is 0 Å². The van der Waals surface area contributed by atoms with Crippen LogP contribution in [0.2, 0.25) is 0 Å². The highest BCUT2D eigenvalue weighted by Crippen LogP contribution is 2.29. The van der Waals surface area contributed by atoms with Gasteiger partial charge in [0.05, 0.1) is 23.7 Å². The van der Waals surface area contributed by atoms with Crippen molar-refractivity contribution in [3.8, 4) is 17.0 Å². The number of anilines is 1. The van der Waals surface area contributed by atoms with Crippen molar-refractivity contribution in [1.29, 1.82) is 0 Å². The van der Waals surface area contributed by atoms with Gasteiger partial charge in [-0.3, -0.25) is 4.98 Å². The first-order chi connectivity index (χ1) is 9.22. The monoisotopic (exact) mass is 256 g/mol. The first kappa shape index (κ1) is 13.4. The van der Waals surface area contributed by atoms with Crippen LogP contribution in [0.25, 0.3) is 11.3 Å². The molecule has 1 aromatic heterocycles.